The standard InChI is InChI=1S/C9H9N.C2H6/c1-2-8-4-3-5-9(6-8)7-10;1-2/h3-6H,2H2,1H3;1-2H3. The van der Waals surface area contributed by atoms with Crippen LogP contribution in [0.4, 0.5) is 0 Å². The highest BCUT2D eigenvalue weighted by molar-refractivity contribution is 5.32. The Morgan fingerprint density at radius 1 is 1.33 bits per heavy atom. The summed E-state index contributed by atoms with van der Waals surface area (Å²) in [6, 6.07) is 9.78. The Labute approximate surface area is 74.7 Å². The summed E-state index contributed by atoms with van der Waals surface area (Å²) in [6.45, 7) is 6.08. The zero-order valence-electron chi connectivity index (χ0n) is 7.96. The fourth-order valence-electron chi connectivity index (χ4n) is 0.861. The number of rotatable bonds is 1. The van der Waals surface area contributed by atoms with E-state index in [2.05, 4.69) is 13.0 Å². The third-order valence-electron chi connectivity index (χ3n) is 1.46. The minimum absolute atomic E-state index is 0.749. The van der Waals surface area contributed by atoms with E-state index in [1.807, 2.05) is 38.1 Å². The molecule has 0 saturated carbocycles. The van der Waals surface area contributed by atoms with E-state index in [9.17, 15) is 0 Å². The maximum atomic E-state index is 8.51. The summed E-state index contributed by atoms with van der Waals surface area (Å²) in [6.07, 6.45) is 0.996. The van der Waals surface area contributed by atoms with Crippen LogP contribution in [0, 0.1) is 11.3 Å². The first-order valence-corrected chi connectivity index (χ1v) is 4.36. The summed E-state index contributed by atoms with van der Waals surface area (Å²) in [5.74, 6) is 0. The second-order valence-corrected chi connectivity index (χ2v) is 2.17. The van der Waals surface area contributed by atoms with Gasteiger partial charge in [-0.1, -0.05) is 32.9 Å². The van der Waals surface area contributed by atoms with Gasteiger partial charge < -0.3 is 0 Å². The molecule has 0 atom stereocenters. The largest absolute Gasteiger partial charge is 0.192 e. The molecule has 0 N–H and O–H groups in total. The predicted molar refractivity (Wildman–Crippen MR) is 51.9 cm³/mol. The van der Waals surface area contributed by atoms with Gasteiger partial charge in [-0.2, -0.15) is 5.26 Å². The summed E-state index contributed by atoms with van der Waals surface area (Å²) in [5.41, 5.74) is 1.97. The van der Waals surface area contributed by atoms with Gasteiger partial charge in [0.25, 0.3) is 0 Å². The van der Waals surface area contributed by atoms with Gasteiger partial charge in [-0.05, 0) is 24.1 Å². The van der Waals surface area contributed by atoms with Crippen molar-refractivity contribution in [1.82, 2.24) is 0 Å². The van der Waals surface area contributed by atoms with Crippen LogP contribution in [0.15, 0.2) is 24.3 Å². The lowest BCUT2D eigenvalue weighted by molar-refractivity contribution is 1.14. The maximum absolute atomic E-state index is 8.51. The normalized spacial score (nSPS) is 7.83. The number of hydrogen-bond donors (Lipinski definition) is 0. The smallest absolute Gasteiger partial charge is 0.0991 e. The monoisotopic (exact) mass is 161 g/mol. The lowest BCUT2D eigenvalue weighted by atomic mass is 10.1. The summed E-state index contributed by atoms with van der Waals surface area (Å²) in [7, 11) is 0. The van der Waals surface area contributed by atoms with E-state index < -0.39 is 0 Å². The minimum Gasteiger partial charge on any atom is -0.192 e. The fourth-order valence-corrected chi connectivity index (χ4v) is 0.861. The molecular weight excluding hydrogens is 146 g/mol. The van der Waals surface area contributed by atoms with Crippen LogP contribution in [0.25, 0.3) is 0 Å². The molecule has 1 rings (SSSR count). The van der Waals surface area contributed by atoms with Crippen LogP contribution in [0.2, 0.25) is 0 Å². The van der Waals surface area contributed by atoms with Gasteiger partial charge in [0, 0.05) is 0 Å². The van der Waals surface area contributed by atoms with Crippen molar-refractivity contribution in [2.75, 3.05) is 0 Å². The number of nitriles is 1. The van der Waals surface area contributed by atoms with E-state index in [0.717, 1.165) is 12.0 Å². The van der Waals surface area contributed by atoms with Gasteiger partial charge >= 0.3 is 0 Å². The average Bonchev–Trinajstić information content (AvgIpc) is 2.21. The van der Waals surface area contributed by atoms with Gasteiger partial charge in [0.2, 0.25) is 0 Å². The molecular formula is C11H15N. The first-order valence-electron chi connectivity index (χ1n) is 4.36. The van der Waals surface area contributed by atoms with Crippen molar-refractivity contribution in [3.8, 4) is 6.07 Å². The molecule has 1 aromatic rings. The molecule has 0 spiro atoms. The molecule has 64 valence electrons. The van der Waals surface area contributed by atoms with Crippen LogP contribution in [-0.2, 0) is 6.42 Å². The Kier molecular flexibility index (Phi) is 5.73. The van der Waals surface area contributed by atoms with Crippen molar-refractivity contribution in [3.05, 3.63) is 35.4 Å². The number of nitrogens with zero attached hydrogens (tertiary/aromatic N) is 1. The molecule has 0 aromatic heterocycles. The quantitative estimate of drug-likeness (QED) is 0.620. The van der Waals surface area contributed by atoms with Crippen molar-refractivity contribution in [1.29, 1.82) is 5.26 Å². The molecule has 12 heavy (non-hydrogen) atoms. The highest BCUT2D eigenvalue weighted by atomic mass is 14.2. The van der Waals surface area contributed by atoms with Gasteiger partial charge in [-0.25, -0.2) is 0 Å². The Morgan fingerprint density at radius 3 is 2.50 bits per heavy atom. The lowest BCUT2D eigenvalue weighted by Gasteiger charge is -1.93. The Morgan fingerprint density at radius 2 is 2.00 bits per heavy atom. The summed E-state index contributed by atoms with van der Waals surface area (Å²) in [5, 5.41) is 8.51. The first kappa shape index (κ1) is 10.7. The molecule has 0 heterocycles. The molecule has 0 aliphatic heterocycles. The Bertz CT molecular complexity index is 258. The van der Waals surface area contributed by atoms with E-state index in [4.69, 9.17) is 5.26 Å². The van der Waals surface area contributed by atoms with Gasteiger partial charge in [-0.3, -0.25) is 0 Å². The summed E-state index contributed by atoms with van der Waals surface area (Å²) < 4.78 is 0. The fraction of sp³-hybridized carbons (Fsp3) is 0.364. The van der Waals surface area contributed by atoms with Crippen LogP contribution in [0.1, 0.15) is 31.9 Å². The molecule has 1 heteroatoms. The van der Waals surface area contributed by atoms with Crippen LogP contribution >= 0.6 is 0 Å². The van der Waals surface area contributed by atoms with Crippen molar-refractivity contribution >= 4 is 0 Å². The van der Waals surface area contributed by atoms with Crippen LogP contribution in [0.5, 0.6) is 0 Å². The van der Waals surface area contributed by atoms with Crippen LogP contribution in [-0.4, -0.2) is 0 Å². The Hall–Kier alpha value is -1.29. The third kappa shape index (κ3) is 3.21. The number of aryl methyl sites for hydroxylation is 1. The third-order valence-corrected chi connectivity index (χ3v) is 1.46. The maximum Gasteiger partial charge on any atom is 0.0991 e. The van der Waals surface area contributed by atoms with Gasteiger partial charge in [0.15, 0.2) is 0 Å². The molecule has 0 amide bonds. The van der Waals surface area contributed by atoms with E-state index >= 15 is 0 Å². The highest BCUT2D eigenvalue weighted by Crippen LogP contribution is 2.03. The van der Waals surface area contributed by atoms with Crippen LogP contribution < -0.4 is 0 Å². The minimum atomic E-state index is 0.749. The van der Waals surface area contributed by atoms with Crippen LogP contribution in [0.3, 0.4) is 0 Å². The van der Waals surface area contributed by atoms with Gasteiger partial charge in [0.1, 0.15) is 0 Å². The average molecular weight is 161 g/mol. The molecule has 1 aromatic carbocycles. The molecule has 0 bridgehead atoms. The highest BCUT2D eigenvalue weighted by Gasteiger charge is 1.89. The molecule has 0 fully saturated rings. The molecule has 0 radical (unpaired) electrons. The van der Waals surface area contributed by atoms with E-state index in [1.54, 1.807) is 0 Å². The second-order valence-electron chi connectivity index (χ2n) is 2.17. The lowest BCUT2D eigenvalue weighted by Crippen LogP contribution is -1.80. The van der Waals surface area contributed by atoms with Crippen molar-refractivity contribution in [2.24, 2.45) is 0 Å². The molecule has 1 nitrogen and oxygen atoms in total. The molecule has 0 aliphatic rings. The first-order chi connectivity index (χ1) is 5.86. The zero-order chi connectivity index (χ0) is 9.40. The van der Waals surface area contributed by atoms with Crippen molar-refractivity contribution < 1.29 is 0 Å². The predicted octanol–water partition coefficient (Wildman–Crippen LogP) is 3.15. The second kappa shape index (κ2) is 6.42. The van der Waals surface area contributed by atoms with Crippen molar-refractivity contribution in [3.63, 3.8) is 0 Å². The molecule has 0 unspecified atom stereocenters. The topological polar surface area (TPSA) is 23.8 Å². The molecule has 0 aliphatic carbocycles. The number of benzene rings is 1. The van der Waals surface area contributed by atoms with E-state index in [-0.39, 0.29) is 0 Å². The number of hydrogen-bond acceptors (Lipinski definition) is 1. The van der Waals surface area contributed by atoms with Crippen molar-refractivity contribution in [2.45, 2.75) is 27.2 Å². The van der Waals surface area contributed by atoms with Gasteiger partial charge in [-0.15, -0.1) is 0 Å². The Balaban J connectivity index is 0.000000561. The zero-order valence-corrected chi connectivity index (χ0v) is 7.96. The SMILES string of the molecule is CC.CCc1cccc(C#N)c1. The molecule has 0 saturated heterocycles. The van der Waals surface area contributed by atoms with E-state index in [0.29, 0.717) is 0 Å². The van der Waals surface area contributed by atoms with Gasteiger partial charge in [0.05, 0.1) is 11.6 Å². The van der Waals surface area contributed by atoms with E-state index in [1.165, 1.54) is 5.56 Å². The summed E-state index contributed by atoms with van der Waals surface area (Å²) in [4.78, 5) is 0. The summed E-state index contributed by atoms with van der Waals surface area (Å²) >= 11 is 0.